The molecule has 6 nitrogen and oxygen atoms in total. The minimum atomic E-state index is 0.615. The molecule has 4 rings (SSSR count). The van der Waals surface area contributed by atoms with Crippen molar-refractivity contribution in [2.75, 3.05) is 0 Å². The lowest BCUT2D eigenvalue weighted by Crippen LogP contribution is -2.06. The lowest BCUT2D eigenvalue weighted by Gasteiger charge is -2.08. The predicted molar refractivity (Wildman–Crippen MR) is 89.8 cm³/mol. The van der Waals surface area contributed by atoms with E-state index < -0.39 is 0 Å². The Bertz CT molecular complexity index is 936. The van der Waals surface area contributed by atoms with E-state index in [2.05, 4.69) is 28.4 Å². The fourth-order valence-electron chi connectivity index (χ4n) is 2.65. The second-order valence-electron chi connectivity index (χ2n) is 5.50. The molecule has 0 aliphatic carbocycles. The second kappa shape index (κ2) is 6.16. The summed E-state index contributed by atoms with van der Waals surface area (Å²) in [5.74, 6) is 1.70. The van der Waals surface area contributed by atoms with Gasteiger partial charge in [-0.3, -0.25) is 0 Å². The average molecular weight is 319 g/mol. The van der Waals surface area contributed by atoms with Gasteiger partial charge in [0.15, 0.2) is 5.76 Å². The molecule has 3 aromatic heterocycles. The zero-order valence-corrected chi connectivity index (χ0v) is 13.3. The maximum Gasteiger partial charge on any atom is 0.156 e. The van der Waals surface area contributed by atoms with Crippen molar-refractivity contribution in [2.45, 2.75) is 19.9 Å². The van der Waals surface area contributed by atoms with Crippen LogP contribution in [0.25, 0.3) is 17.1 Å². The van der Waals surface area contributed by atoms with Crippen LogP contribution in [-0.4, -0.2) is 24.8 Å². The Kier molecular flexibility index (Phi) is 3.70. The molecule has 0 saturated heterocycles. The van der Waals surface area contributed by atoms with Gasteiger partial charge in [-0.05, 0) is 29.8 Å². The van der Waals surface area contributed by atoms with E-state index in [4.69, 9.17) is 4.42 Å². The molecule has 0 atom stereocenters. The maximum absolute atomic E-state index is 5.74. The van der Waals surface area contributed by atoms with Crippen molar-refractivity contribution in [3.8, 4) is 17.1 Å². The molecule has 0 fully saturated rings. The molecule has 120 valence electrons. The molecule has 1 aromatic carbocycles. The number of benzene rings is 1. The zero-order chi connectivity index (χ0) is 16.4. The van der Waals surface area contributed by atoms with E-state index in [0.29, 0.717) is 6.54 Å². The van der Waals surface area contributed by atoms with Crippen LogP contribution in [0.1, 0.15) is 18.2 Å². The Hall–Kier alpha value is -3.15. The van der Waals surface area contributed by atoms with Crippen LogP contribution in [-0.2, 0) is 13.0 Å². The van der Waals surface area contributed by atoms with Crippen molar-refractivity contribution in [2.24, 2.45) is 0 Å². The second-order valence-corrected chi connectivity index (χ2v) is 5.50. The van der Waals surface area contributed by atoms with Crippen LogP contribution < -0.4 is 0 Å². The highest BCUT2D eigenvalue weighted by Gasteiger charge is 2.10. The first-order chi connectivity index (χ1) is 11.8. The number of para-hydroxylation sites is 1. The topological polar surface area (TPSA) is 61.7 Å². The van der Waals surface area contributed by atoms with Gasteiger partial charge in [0.2, 0.25) is 0 Å². The molecule has 0 N–H and O–H groups in total. The third kappa shape index (κ3) is 2.74. The fraction of sp³-hybridized carbons (Fsp3) is 0.167. The van der Waals surface area contributed by atoms with Crippen molar-refractivity contribution in [1.82, 2.24) is 24.8 Å². The molecule has 0 spiro atoms. The van der Waals surface area contributed by atoms with Gasteiger partial charge in [-0.15, -0.1) is 5.10 Å². The third-order valence-electron chi connectivity index (χ3n) is 3.88. The lowest BCUT2D eigenvalue weighted by molar-refractivity contribution is 0.527. The molecule has 6 heteroatoms. The van der Waals surface area contributed by atoms with Gasteiger partial charge in [-0.1, -0.05) is 30.3 Å². The normalized spacial score (nSPS) is 11.0. The van der Waals surface area contributed by atoms with Crippen LogP contribution in [0.15, 0.2) is 65.5 Å². The van der Waals surface area contributed by atoms with Gasteiger partial charge >= 0.3 is 0 Å². The van der Waals surface area contributed by atoms with Crippen LogP contribution in [0.5, 0.6) is 0 Å². The molecule has 24 heavy (non-hydrogen) atoms. The summed E-state index contributed by atoms with van der Waals surface area (Å²) in [6.45, 7) is 2.68. The number of aromatic nitrogens is 5. The van der Waals surface area contributed by atoms with E-state index in [9.17, 15) is 0 Å². The molecule has 4 aromatic rings. The summed E-state index contributed by atoms with van der Waals surface area (Å²) in [5.41, 5.74) is 2.89. The van der Waals surface area contributed by atoms with E-state index in [-0.39, 0.29) is 0 Å². The van der Waals surface area contributed by atoms with Gasteiger partial charge in [-0.25, -0.2) is 9.36 Å². The number of hydrogen-bond acceptors (Lipinski definition) is 4. The van der Waals surface area contributed by atoms with E-state index in [1.165, 1.54) is 0 Å². The van der Waals surface area contributed by atoms with E-state index >= 15 is 0 Å². The third-order valence-corrected chi connectivity index (χ3v) is 3.88. The van der Waals surface area contributed by atoms with Crippen molar-refractivity contribution in [1.29, 1.82) is 0 Å². The highest BCUT2D eigenvalue weighted by atomic mass is 16.3. The Morgan fingerprint density at radius 1 is 1.08 bits per heavy atom. The average Bonchev–Trinajstić information content (AvgIpc) is 3.36. The van der Waals surface area contributed by atoms with E-state index in [1.54, 1.807) is 6.20 Å². The molecular formula is C18H17N5O. The highest BCUT2D eigenvalue weighted by molar-refractivity contribution is 5.50. The largest absolute Gasteiger partial charge is 0.459 e. The van der Waals surface area contributed by atoms with Gasteiger partial charge in [0.05, 0.1) is 18.4 Å². The minimum absolute atomic E-state index is 0.615. The zero-order valence-electron chi connectivity index (χ0n) is 13.3. The summed E-state index contributed by atoms with van der Waals surface area (Å²) < 4.78 is 9.40. The van der Waals surface area contributed by atoms with Gasteiger partial charge in [0.25, 0.3) is 0 Å². The van der Waals surface area contributed by atoms with E-state index in [0.717, 1.165) is 34.9 Å². The number of rotatable bonds is 5. The Morgan fingerprint density at radius 3 is 2.79 bits per heavy atom. The van der Waals surface area contributed by atoms with Crippen LogP contribution >= 0.6 is 0 Å². The van der Waals surface area contributed by atoms with Crippen molar-refractivity contribution < 1.29 is 4.42 Å². The van der Waals surface area contributed by atoms with Gasteiger partial charge in [-0.2, -0.15) is 5.10 Å². The molecule has 0 bridgehead atoms. The number of nitrogens with zero attached hydrogens (tertiary/aromatic N) is 5. The van der Waals surface area contributed by atoms with Crippen LogP contribution in [0, 0.1) is 0 Å². The molecule has 0 radical (unpaired) electrons. The number of furan rings is 1. The molecule has 0 unspecified atom stereocenters. The first-order valence-electron chi connectivity index (χ1n) is 7.90. The molecular weight excluding hydrogens is 302 g/mol. The van der Waals surface area contributed by atoms with Crippen LogP contribution in [0.2, 0.25) is 0 Å². The van der Waals surface area contributed by atoms with Gasteiger partial charge in [0, 0.05) is 18.8 Å². The standard InChI is InChI=1S/C18H17N5O/c1-2-15-8-9-18(24-15)16-13-22(21-20-16)12-14-6-3-4-7-17(14)23-11-5-10-19-23/h3-11,13H,2,12H2,1H3. The van der Waals surface area contributed by atoms with E-state index in [1.807, 2.05) is 58.2 Å². The molecule has 3 heterocycles. The minimum Gasteiger partial charge on any atom is -0.459 e. The summed E-state index contributed by atoms with van der Waals surface area (Å²) in [5, 5.41) is 12.8. The van der Waals surface area contributed by atoms with Crippen LogP contribution in [0.4, 0.5) is 0 Å². The van der Waals surface area contributed by atoms with Gasteiger partial charge in [0.1, 0.15) is 11.5 Å². The Balaban J connectivity index is 1.61. The first-order valence-corrected chi connectivity index (χ1v) is 7.90. The summed E-state index contributed by atoms with van der Waals surface area (Å²) in [6.07, 6.45) is 6.47. The summed E-state index contributed by atoms with van der Waals surface area (Å²) in [4.78, 5) is 0. The van der Waals surface area contributed by atoms with Crippen LogP contribution in [0.3, 0.4) is 0 Å². The smallest absolute Gasteiger partial charge is 0.156 e. The molecule has 0 amide bonds. The monoisotopic (exact) mass is 319 g/mol. The fourth-order valence-corrected chi connectivity index (χ4v) is 2.65. The SMILES string of the molecule is CCc1ccc(-c2cn(Cc3ccccc3-n3cccn3)nn2)o1. The molecule has 0 aliphatic heterocycles. The van der Waals surface area contributed by atoms with Crippen molar-refractivity contribution >= 4 is 0 Å². The number of hydrogen-bond donors (Lipinski definition) is 0. The van der Waals surface area contributed by atoms with Crippen molar-refractivity contribution in [3.05, 3.63) is 72.4 Å². The Morgan fingerprint density at radius 2 is 2.00 bits per heavy atom. The Labute approximate surface area is 139 Å². The molecule has 0 aliphatic rings. The number of aryl methyl sites for hydroxylation is 1. The maximum atomic E-state index is 5.74. The first kappa shape index (κ1) is 14.4. The quantitative estimate of drug-likeness (QED) is 0.566. The summed E-state index contributed by atoms with van der Waals surface area (Å²) in [7, 11) is 0. The summed E-state index contributed by atoms with van der Waals surface area (Å²) in [6, 6.07) is 13.9. The predicted octanol–water partition coefficient (Wildman–Crippen LogP) is 3.33. The highest BCUT2D eigenvalue weighted by Crippen LogP contribution is 2.21. The molecule has 0 saturated carbocycles. The lowest BCUT2D eigenvalue weighted by atomic mass is 10.2. The van der Waals surface area contributed by atoms with Crippen molar-refractivity contribution in [3.63, 3.8) is 0 Å². The van der Waals surface area contributed by atoms with Gasteiger partial charge < -0.3 is 4.42 Å². The summed E-state index contributed by atoms with van der Waals surface area (Å²) >= 11 is 0.